The van der Waals surface area contributed by atoms with E-state index in [1.54, 1.807) is 0 Å². The number of carboxylic acid groups (broad SMARTS) is 1. The lowest BCUT2D eigenvalue weighted by Crippen LogP contribution is -2.38. The number of aliphatic carboxylic acids is 1. The number of halogens is 2. The van der Waals surface area contributed by atoms with Crippen molar-refractivity contribution in [1.82, 2.24) is 4.90 Å². The van der Waals surface area contributed by atoms with Crippen molar-refractivity contribution in [1.29, 1.82) is 0 Å². The van der Waals surface area contributed by atoms with E-state index in [0.29, 0.717) is 5.02 Å². The van der Waals surface area contributed by atoms with E-state index in [1.165, 1.54) is 30.2 Å². The second-order valence-corrected chi connectivity index (χ2v) is 4.56. The minimum atomic E-state index is -1.09. The predicted molar refractivity (Wildman–Crippen MR) is 71.9 cm³/mol. The van der Waals surface area contributed by atoms with E-state index in [1.807, 2.05) is 0 Å². The second kappa shape index (κ2) is 7.33. The molecule has 1 rings (SSSR count). The number of nitrogens with zero attached hydrogens (tertiary/aromatic N) is 1. The van der Waals surface area contributed by atoms with Gasteiger partial charge in [-0.05, 0) is 18.2 Å². The molecule has 0 heterocycles. The predicted octanol–water partition coefficient (Wildman–Crippen LogP) is 2.17. The van der Waals surface area contributed by atoms with Gasteiger partial charge in [-0.3, -0.25) is 9.59 Å². The van der Waals surface area contributed by atoms with Crippen LogP contribution in [0.1, 0.15) is 10.4 Å². The van der Waals surface area contributed by atoms with Crippen molar-refractivity contribution < 1.29 is 19.4 Å². The molecule has 7 heteroatoms. The second-order valence-electron chi connectivity index (χ2n) is 3.74. The average molecular weight is 306 g/mol. The number of methoxy groups -OCH3 is 1. The molecule has 0 saturated heterocycles. The van der Waals surface area contributed by atoms with Crippen molar-refractivity contribution in [3.63, 3.8) is 0 Å². The fraction of sp³-hybridized carbons (Fsp3) is 0.333. The molecular formula is C12H13Cl2NO4. The molecule has 5 nitrogen and oxygen atoms in total. The maximum absolute atomic E-state index is 12.2. The van der Waals surface area contributed by atoms with Crippen LogP contribution in [0.15, 0.2) is 18.2 Å². The number of carbonyl (C=O) groups excluding carboxylic acids is 1. The molecule has 1 aromatic rings. The van der Waals surface area contributed by atoms with Crippen molar-refractivity contribution in [2.24, 2.45) is 0 Å². The monoisotopic (exact) mass is 305 g/mol. The van der Waals surface area contributed by atoms with Crippen LogP contribution in [0.25, 0.3) is 0 Å². The summed E-state index contributed by atoms with van der Waals surface area (Å²) < 4.78 is 4.85. The Balaban J connectivity index is 2.90. The third-order valence-electron chi connectivity index (χ3n) is 2.35. The quantitative estimate of drug-likeness (QED) is 0.874. The van der Waals surface area contributed by atoms with Gasteiger partial charge in [0.1, 0.15) is 6.54 Å². The highest BCUT2D eigenvalue weighted by Crippen LogP contribution is 2.23. The Kier molecular flexibility index (Phi) is 6.08. The smallest absolute Gasteiger partial charge is 0.323 e. The van der Waals surface area contributed by atoms with Crippen molar-refractivity contribution in [3.8, 4) is 0 Å². The van der Waals surface area contributed by atoms with Crippen molar-refractivity contribution in [2.75, 3.05) is 26.8 Å². The maximum Gasteiger partial charge on any atom is 0.323 e. The van der Waals surface area contributed by atoms with E-state index in [0.717, 1.165) is 0 Å². The lowest BCUT2D eigenvalue weighted by molar-refractivity contribution is -0.137. The van der Waals surface area contributed by atoms with Gasteiger partial charge in [0.15, 0.2) is 0 Å². The summed E-state index contributed by atoms with van der Waals surface area (Å²) in [7, 11) is 1.47. The molecule has 1 aromatic carbocycles. The van der Waals surface area contributed by atoms with Crippen LogP contribution >= 0.6 is 23.2 Å². The molecule has 0 aromatic heterocycles. The Bertz CT molecular complexity index is 479. The Morgan fingerprint density at radius 3 is 2.53 bits per heavy atom. The first-order chi connectivity index (χ1) is 8.95. The molecule has 0 bridgehead atoms. The van der Waals surface area contributed by atoms with Gasteiger partial charge >= 0.3 is 5.97 Å². The molecular weight excluding hydrogens is 293 g/mol. The van der Waals surface area contributed by atoms with Gasteiger partial charge < -0.3 is 14.7 Å². The Hall–Kier alpha value is -1.30. The summed E-state index contributed by atoms with van der Waals surface area (Å²) in [5.74, 6) is -1.53. The van der Waals surface area contributed by atoms with Gasteiger partial charge in [0.05, 0.1) is 16.7 Å². The molecule has 0 fully saturated rings. The zero-order valence-corrected chi connectivity index (χ0v) is 11.7. The highest BCUT2D eigenvalue weighted by atomic mass is 35.5. The summed E-state index contributed by atoms with van der Waals surface area (Å²) in [6, 6.07) is 4.40. The van der Waals surface area contributed by atoms with E-state index < -0.39 is 18.4 Å². The summed E-state index contributed by atoms with van der Waals surface area (Å²) in [6.45, 7) is 0.0324. The van der Waals surface area contributed by atoms with Crippen LogP contribution in [-0.2, 0) is 9.53 Å². The van der Waals surface area contributed by atoms with Crippen molar-refractivity contribution in [3.05, 3.63) is 33.8 Å². The van der Waals surface area contributed by atoms with E-state index in [2.05, 4.69) is 0 Å². The molecule has 0 spiro atoms. The third kappa shape index (κ3) is 4.70. The number of rotatable bonds is 6. The van der Waals surface area contributed by atoms with Gasteiger partial charge in [-0.1, -0.05) is 23.2 Å². The topological polar surface area (TPSA) is 66.8 Å². The van der Waals surface area contributed by atoms with Crippen molar-refractivity contribution in [2.45, 2.75) is 0 Å². The minimum absolute atomic E-state index is 0.182. The molecule has 1 N–H and O–H groups in total. The van der Waals surface area contributed by atoms with Crippen LogP contribution in [0.4, 0.5) is 0 Å². The van der Waals surface area contributed by atoms with Gasteiger partial charge in [-0.2, -0.15) is 0 Å². The van der Waals surface area contributed by atoms with Crippen LogP contribution in [0.5, 0.6) is 0 Å². The van der Waals surface area contributed by atoms with Crippen LogP contribution in [0.2, 0.25) is 10.0 Å². The number of carboxylic acids is 1. The lowest BCUT2D eigenvalue weighted by atomic mass is 10.2. The van der Waals surface area contributed by atoms with Gasteiger partial charge in [0.25, 0.3) is 5.91 Å². The van der Waals surface area contributed by atoms with E-state index in [4.69, 9.17) is 33.0 Å². The highest BCUT2D eigenvalue weighted by molar-refractivity contribution is 6.42. The average Bonchev–Trinajstić information content (AvgIpc) is 2.36. The van der Waals surface area contributed by atoms with Crippen LogP contribution in [0, 0.1) is 0 Å². The number of amides is 1. The SMILES string of the molecule is COCCN(CC(=O)O)C(=O)c1ccc(Cl)c(Cl)c1. The summed E-state index contributed by atoms with van der Waals surface area (Å²) >= 11 is 11.6. The number of carbonyl (C=O) groups is 2. The molecule has 0 aliphatic carbocycles. The number of benzene rings is 1. The third-order valence-corrected chi connectivity index (χ3v) is 3.08. The van der Waals surface area contributed by atoms with Crippen LogP contribution in [0.3, 0.4) is 0 Å². The molecule has 104 valence electrons. The Labute approximate surface area is 120 Å². The summed E-state index contributed by atoms with van der Waals surface area (Å²) in [5.41, 5.74) is 0.284. The molecule has 0 aliphatic rings. The van der Waals surface area contributed by atoms with Crippen LogP contribution < -0.4 is 0 Å². The van der Waals surface area contributed by atoms with E-state index >= 15 is 0 Å². The molecule has 19 heavy (non-hydrogen) atoms. The Morgan fingerprint density at radius 2 is 2.00 bits per heavy atom. The first-order valence-electron chi connectivity index (χ1n) is 5.40. The first-order valence-corrected chi connectivity index (χ1v) is 6.16. The van der Waals surface area contributed by atoms with Gasteiger partial charge in [-0.15, -0.1) is 0 Å². The fourth-order valence-electron chi connectivity index (χ4n) is 1.43. The van der Waals surface area contributed by atoms with Gasteiger partial charge in [0.2, 0.25) is 0 Å². The van der Waals surface area contributed by atoms with Gasteiger partial charge in [-0.25, -0.2) is 0 Å². The number of hydrogen-bond donors (Lipinski definition) is 1. The lowest BCUT2D eigenvalue weighted by Gasteiger charge is -2.20. The Morgan fingerprint density at radius 1 is 1.32 bits per heavy atom. The molecule has 0 unspecified atom stereocenters. The zero-order valence-electron chi connectivity index (χ0n) is 10.2. The summed E-state index contributed by atoms with van der Waals surface area (Å²) in [4.78, 5) is 24.1. The van der Waals surface area contributed by atoms with Crippen LogP contribution in [-0.4, -0.2) is 48.7 Å². The maximum atomic E-state index is 12.2. The van der Waals surface area contributed by atoms with Gasteiger partial charge in [0, 0.05) is 19.2 Å². The first kappa shape index (κ1) is 15.8. The molecule has 0 atom stereocenters. The molecule has 0 radical (unpaired) electrons. The standard InChI is InChI=1S/C12H13Cl2NO4/c1-19-5-4-15(7-11(16)17)12(18)8-2-3-9(13)10(14)6-8/h2-3,6H,4-5,7H2,1H3,(H,16,17). The fourth-order valence-corrected chi connectivity index (χ4v) is 1.73. The van der Waals surface area contributed by atoms with E-state index in [9.17, 15) is 9.59 Å². The summed E-state index contributed by atoms with van der Waals surface area (Å²) in [5, 5.41) is 9.37. The molecule has 0 saturated carbocycles. The van der Waals surface area contributed by atoms with Crippen molar-refractivity contribution >= 4 is 35.1 Å². The normalized spacial score (nSPS) is 10.3. The highest BCUT2D eigenvalue weighted by Gasteiger charge is 2.19. The minimum Gasteiger partial charge on any atom is -0.480 e. The molecule has 0 aliphatic heterocycles. The number of ether oxygens (including phenoxy) is 1. The molecule has 1 amide bonds. The summed E-state index contributed by atoms with van der Waals surface area (Å²) in [6.07, 6.45) is 0. The number of hydrogen-bond acceptors (Lipinski definition) is 3. The largest absolute Gasteiger partial charge is 0.480 e. The van der Waals surface area contributed by atoms with E-state index in [-0.39, 0.29) is 23.7 Å². The zero-order chi connectivity index (χ0) is 14.4.